The minimum atomic E-state index is -4.03. The van der Waals surface area contributed by atoms with Crippen LogP contribution in [0, 0.1) is 0 Å². The number of carbonyl (C=O) groups excluding carboxylic acids is 1. The lowest BCUT2D eigenvalue weighted by molar-refractivity contribution is 0.0698. The fourth-order valence-corrected chi connectivity index (χ4v) is 5.32. The zero-order valence-electron chi connectivity index (χ0n) is 20.6. The van der Waals surface area contributed by atoms with Crippen molar-refractivity contribution in [3.8, 4) is 16.9 Å². The van der Waals surface area contributed by atoms with Crippen molar-refractivity contribution in [3.05, 3.63) is 114 Å². The predicted octanol–water partition coefficient (Wildman–Crippen LogP) is 4.45. The van der Waals surface area contributed by atoms with E-state index in [0.29, 0.717) is 33.2 Å². The van der Waals surface area contributed by atoms with Crippen molar-refractivity contribution in [3.63, 3.8) is 0 Å². The number of amides is 1. The van der Waals surface area contributed by atoms with E-state index in [-0.39, 0.29) is 16.0 Å². The third kappa shape index (κ3) is 4.54. The molecule has 0 radical (unpaired) electrons. The second-order valence-corrected chi connectivity index (χ2v) is 10.5. The van der Waals surface area contributed by atoms with E-state index in [1.54, 1.807) is 42.5 Å². The van der Waals surface area contributed by atoms with E-state index in [1.807, 2.05) is 30.3 Å². The molecule has 40 heavy (non-hydrogen) atoms. The van der Waals surface area contributed by atoms with E-state index in [1.165, 1.54) is 35.1 Å². The maximum absolute atomic E-state index is 12.6. The first-order valence-electron chi connectivity index (χ1n) is 12.0. The van der Waals surface area contributed by atoms with Gasteiger partial charge in [0, 0.05) is 16.5 Å². The average molecular weight is 550 g/mol. The molecule has 0 fully saturated rings. The number of sulfonamides is 1. The average Bonchev–Trinajstić information content (AvgIpc) is 3.42. The molecular formula is C29H19N5O5S. The molecule has 2 aromatic heterocycles. The normalized spacial score (nSPS) is 11.5. The second kappa shape index (κ2) is 9.71. The summed E-state index contributed by atoms with van der Waals surface area (Å²) in [5.74, 6) is -1.95. The van der Waals surface area contributed by atoms with Gasteiger partial charge in [-0.3, -0.25) is 4.79 Å². The summed E-state index contributed by atoms with van der Waals surface area (Å²) in [5.41, 5.74) is 3.10. The Kier molecular flexibility index (Phi) is 6.04. The Morgan fingerprint density at radius 3 is 2.10 bits per heavy atom. The Balaban J connectivity index is 1.36. The lowest BCUT2D eigenvalue weighted by Gasteiger charge is -2.09. The molecule has 0 spiro atoms. The van der Waals surface area contributed by atoms with E-state index >= 15 is 0 Å². The minimum Gasteiger partial charge on any atom is -0.478 e. The number of fused-ring (bicyclic) bond motifs is 3. The van der Waals surface area contributed by atoms with E-state index in [2.05, 4.69) is 19.9 Å². The van der Waals surface area contributed by atoms with Gasteiger partial charge in [0.05, 0.1) is 27.4 Å². The molecule has 0 atom stereocenters. The Bertz CT molecular complexity index is 2030. The van der Waals surface area contributed by atoms with Gasteiger partial charge in [-0.25, -0.2) is 22.9 Å². The zero-order chi connectivity index (χ0) is 27.9. The quantitative estimate of drug-likeness (QED) is 0.310. The van der Waals surface area contributed by atoms with Crippen LogP contribution in [0.1, 0.15) is 20.7 Å². The fraction of sp³-hybridized carbons (Fsp3) is 0. The Labute approximate surface area is 227 Å². The van der Waals surface area contributed by atoms with Crippen LogP contribution in [0.25, 0.3) is 38.9 Å². The van der Waals surface area contributed by atoms with E-state index in [9.17, 15) is 23.1 Å². The molecule has 0 saturated heterocycles. The monoisotopic (exact) mass is 549 g/mol. The molecule has 10 nitrogen and oxygen atoms in total. The van der Waals surface area contributed by atoms with Gasteiger partial charge in [-0.05, 0) is 54.6 Å². The number of carbonyl (C=O) groups is 2. The summed E-state index contributed by atoms with van der Waals surface area (Å²) < 4.78 is 27.0. The summed E-state index contributed by atoms with van der Waals surface area (Å²) in [6.45, 7) is 0. The third-order valence-corrected chi connectivity index (χ3v) is 7.61. The third-order valence-electron chi connectivity index (χ3n) is 6.26. The van der Waals surface area contributed by atoms with Crippen molar-refractivity contribution < 1.29 is 23.1 Å². The van der Waals surface area contributed by atoms with Crippen molar-refractivity contribution >= 4 is 43.8 Å². The molecule has 0 aliphatic carbocycles. The molecular weight excluding hydrogens is 530 g/mol. The number of aromatic carboxylic acids is 1. The van der Waals surface area contributed by atoms with Crippen LogP contribution in [0.4, 0.5) is 0 Å². The number of pyridine rings is 1. The van der Waals surface area contributed by atoms with Gasteiger partial charge >= 0.3 is 5.97 Å². The molecule has 11 heteroatoms. The number of benzene rings is 4. The number of hydrogen-bond donors (Lipinski definition) is 2. The molecule has 6 rings (SSSR count). The van der Waals surface area contributed by atoms with Crippen LogP contribution in [-0.2, 0) is 10.0 Å². The molecule has 0 saturated carbocycles. The van der Waals surface area contributed by atoms with Gasteiger partial charge in [-0.1, -0.05) is 48.5 Å². The lowest BCUT2D eigenvalue weighted by atomic mass is 10.0. The Morgan fingerprint density at radius 1 is 0.775 bits per heavy atom. The first-order valence-corrected chi connectivity index (χ1v) is 13.5. The molecule has 0 aliphatic rings. The number of rotatable bonds is 6. The molecule has 4 aromatic carbocycles. The van der Waals surface area contributed by atoms with Crippen LogP contribution in [0.15, 0.2) is 108 Å². The molecule has 196 valence electrons. The van der Waals surface area contributed by atoms with Crippen molar-refractivity contribution in [1.29, 1.82) is 0 Å². The molecule has 0 aliphatic heterocycles. The number of nitrogens with zero attached hydrogens (tertiary/aromatic N) is 4. The molecule has 2 N–H and O–H groups in total. The highest BCUT2D eigenvalue weighted by molar-refractivity contribution is 7.90. The highest BCUT2D eigenvalue weighted by Crippen LogP contribution is 2.30. The van der Waals surface area contributed by atoms with Gasteiger partial charge < -0.3 is 5.11 Å². The number of nitrogens with one attached hydrogen (secondary N) is 1. The van der Waals surface area contributed by atoms with Crippen LogP contribution >= 0.6 is 0 Å². The lowest BCUT2D eigenvalue weighted by Crippen LogP contribution is -2.30. The van der Waals surface area contributed by atoms with Crippen LogP contribution < -0.4 is 4.72 Å². The topological polar surface area (TPSA) is 144 Å². The Hall–Kier alpha value is -5.42. The second-order valence-electron chi connectivity index (χ2n) is 8.84. The zero-order valence-corrected chi connectivity index (χ0v) is 21.4. The summed E-state index contributed by atoms with van der Waals surface area (Å²) in [6, 6.07) is 27.8. The molecule has 2 heterocycles. The number of para-hydroxylation sites is 1. The smallest absolute Gasteiger partial charge is 0.336 e. The minimum absolute atomic E-state index is 0.00138. The Morgan fingerprint density at radius 2 is 1.43 bits per heavy atom. The summed E-state index contributed by atoms with van der Waals surface area (Å²) in [5, 5.41) is 19.5. The summed E-state index contributed by atoms with van der Waals surface area (Å²) in [7, 11) is -4.03. The van der Waals surface area contributed by atoms with Crippen LogP contribution in [-0.4, -0.2) is 45.4 Å². The first-order chi connectivity index (χ1) is 19.3. The van der Waals surface area contributed by atoms with Crippen molar-refractivity contribution in [2.75, 3.05) is 0 Å². The van der Waals surface area contributed by atoms with Crippen LogP contribution in [0.5, 0.6) is 0 Å². The molecule has 1 amide bonds. The van der Waals surface area contributed by atoms with Gasteiger partial charge in [-0.2, -0.15) is 4.80 Å². The van der Waals surface area contributed by atoms with E-state index in [0.717, 1.165) is 5.69 Å². The predicted molar refractivity (Wildman–Crippen MR) is 148 cm³/mol. The van der Waals surface area contributed by atoms with E-state index in [4.69, 9.17) is 0 Å². The SMILES string of the molecule is O=C(NS(=O)(=O)c1ccccc1)c1ccc(-c2cc(C(=O)O)c3c(ccc4nn(-c5ccccc5)nc43)n2)cc1. The van der Waals surface area contributed by atoms with Crippen molar-refractivity contribution in [2.24, 2.45) is 0 Å². The van der Waals surface area contributed by atoms with Crippen LogP contribution in [0.3, 0.4) is 0 Å². The van der Waals surface area contributed by atoms with Crippen molar-refractivity contribution in [1.82, 2.24) is 24.7 Å². The van der Waals surface area contributed by atoms with Gasteiger partial charge in [0.1, 0.15) is 11.0 Å². The number of hydrogen-bond acceptors (Lipinski definition) is 7. The first kappa shape index (κ1) is 24.9. The molecule has 0 bridgehead atoms. The maximum atomic E-state index is 12.6. The standard InChI is InChI=1S/C29H19N5O5S/c35-28(33-40(38,39)21-9-5-2-6-10-21)19-13-11-18(12-14-19)25-17-22(29(36)37)26-23(30-25)15-16-24-27(26)32-34(31-24)20-7-3-1-4-8-20/h1-17H,(H,33,35)(H,36,37). The van der Waals surface area contributed by atoms with Crippen molar-refractivity contribution in [2.45, 2.75) is 4.90 Å². The molecule has 0 unspecified atom stereocenters. The maximum Gasteiger partial charge on any atom is 0.336 e. The largest absolute Gasteiger partial charge is 0.478 e. The fourth-order valence-electron chi connectivity index (χ4n) is 4.33. The van der Waals surface area contributed by atoms with Crippen LogP contribution in [0.2, 0.25) is 0 Å². The van der Waals surface area contributed by atoms with Gasteiger partial charge in [-0.15, -0.1) is 10.2 Å². The number of carboxylic acid groups (broad SMARTS) is 1. The van der Waals surface area contributed by atoms with Gasteiger partial charge in [0.25, 0.3) is 15.9 Å². The van der Waals surface area contributed by atoms with Gasteiger partial charge in [0.2, 0.25) is 0 Å². The number of aromatic nitrogens is 4. The molecule has 6 aromatic rings. The highest BCUT2D eigenvalue weighted by atomic mass is 32.2. The summed E-state index contributed by atoms with van der Waals surface area (Å²) >= 11 is 0. The van der Waals surface area contributed by atoms with Gasteiger partial charge in [0.15, 0.2) is 0 Å². The summed E-state index contributed by atoms with van der Waals surface area (Å²) in [4.78, 5) is 31.0. The number of carboxylic acids is 1. The highest BCUT2D eigenvalue weighted by Gasteiger charge is 2.20. The summed E-state index contributed by atoms with van der Waals surface area (Å²) in [6.07, 6.45) is 0. The van der Waals surface area contributed by atoms with E-state index < -0.39 is 21.9 Å².